The van der Waals surface area contributed by atoms with E-state index in [9.17, 15) is 4.79 Å². The first-order valence-corrected chi connectivity index (χ1v) is 15.0. The molecule has 2 aromatic rings. The molecule has 0 saturated carbocycles. The smallest absolute Gasteiger partial charge is 0.334 e. The molecule has 2 rings (SSSR count). The maximum Gasteiger partial charge on any atom is 0.334 e. The lowest BCUT2D eigenvalue weighted by Gasteiger charge is -2.37. The van der Waals surface area contributed by atoms with Crippen molar-refractivity contribution in [3.63, 3.8) is 0 Å². The number of carbonyl (C=O) groups excluding carboxylic acids is 1. The molecule has 0 fully saturated rings. The summed E-state index contributed by atoms with van der Waals surface area (Å²) in [5, 5.41) is 0.0869. The second kappa shape index (κ2) is 12.1. The monoisotopic (exact) mass is 496 g/mol. The van der Waals surface area contributed by atoms with Crippen molar-refractivity contribution >= 4 is 20.0 Å². The molecule has 0 aliphatic rings. The van der Waals surface area contributed by atoms with Gasteiger partial charge in [-0.25, -0.2) is 4.79 Å². The average Bonchev–Trinajstić information content (AvgIpc) is 2.78. The van der Waals surface area contributed by atoms with Crippen LogP contribution >= 0.6 is 0 Å². The Hall–Kier alpha value is -2.99. The highest BCUT2D eigenvalue weighted by Gasteiger charge is 2.39. The van der Waals surface area contributed by atoms with Gasteiger partial charge in [-0.05, 0) is 79.4 Å². The molecule has 2 aromatic carbocycles. The van der Waals surface area contributed by atoms with Gasteiger partial charge in [-0.1, -0.05) is 39.8 Å². The van der Waals surface area contributed by atoms with Gasteiger partial charge in [0.25, 0.3) is 0 Å². The second-order valence-corrected chi connectivity index (χ2v) is 14.8. The van der Waals surface area contributed by atoms with Crippen molar-refractivity contribution in [1.29, 1.82) is 0 Å². The number of hydrogen-bond acceptors (Lipinski definition) is 5. The third-order valence-corrected chi connectivity index (χ3v) is 10.5. The van der Waals surface area contributed by atoms with Crippen LogP contribution in [0.3, 0.4) is 0 Å². The minimum absolute atomic E-state index is 0.0869. The SMILES string of the molecule is C=CCc1ccc(OC(=CC(=O)OCCC)c2ccc(O[Si](C)(C)C(C)(C)C)c(C)c2)c(OC)c1. The van der Waals surface area contributed by atoms with Gasteiger partial charge < -0.3 is 18.6 Å². The third-order valence-electron chi connectivity index (χ3n) is 6.16. The summed E-state index contributed by atoms with van der Waals surface area (Å²) in [5.41, 5.74) is 2.77. The molecule has 0 atom stereocenters. The molecule has 0 heterocycles. The Morgan fingerprint density at radius 3 is 2.31 bits per heavy atom. The fourth-order valence-corrected chi connectivity index (χ4v) is 4.16. The first-order chi connectivity index (χ1) is 16.4. The molecule has 5 nitrogen and oxygen atoms in total. The average molecular weight is 497 g/mol. The van der Waals surface area contributed by atoms with Crippen molar-refractivity contribution in [2.75, 3.05) is 13.7 Å². The Labute approximate surface area is 211 Å². The molecule has 0 aromatic heterocycles. The molecule has 0 saturated heterocycles. The molecule has 0 amide bonds. The fourth-order valence-electron chi connectivity index (χ4n) is 3.08. The molecule has 0 spiro atoms. The Balaban J connectivity index is 2.45. The van der Waals surface area contributed by atoms with Crippen molar-refractivity contribution in [2.24, 2.45) is 0 Å². The highest BCUT2D eigenvalue weighted by atomic mass is 28.4. The normalized spacial score (nSPS) is 12.2. The van der Waals surface area contributed by atoms with Gasteiger partial charge in [0, 0.05) is 5.56 Å². The van der Waals surface area contributed by atoms with E-state index < -0.39 is 14.3 Å². The highest BCUT2D eigenvalue weighted by Crippen LogP contribution is 2.39. The van der Waals surface area contributed by atoms with Gasteiger partial charge in [-0.3, -0.25) is 0 Å². The van der Waals surface area contributed by atoms with Crippen LogP contribution in [0, 0.1) is 6.92 Å². The molecule has 0 radical (unpaired) electrons. The molecule has 6 heteroatoms. The fraction of sp³-hybridized carbons (Fsp3) is 0.414. The molecule has 35 heavy (non-hydrogen) atoms. The Bertz CT molecular complexity index is 1060. The maximum atomic E-state index is 12.5. The molecule has 0 N–H and O–H groups in total. The molecule has 190 valence electrons. The molecule has 0 aliphatic heterocycles. The number of benzene rings is 2. The number of methoxy groups -OCH3 is 1. The first kappa shape index (κ1) is 28.2. The van der Waals surface area contributed by atoms with Crippen molar-refractivity contribution in [3.05, 3.63) is 71.8 Å². The zero-order chi connectivity index (χ0) is 26.2. The van der Waals surface area contributed by atoms with Crippen LogP contribution in [-0.2, 0) is 16.0 Å². The van der Waals surface area contributed by atoms with Crippen LogP contribution in [-0.4, -0.2) is 28.0 Å². The summed E-state index contributed by atoms with van der Waals surface area (Å²) in [6.45, 7) is 19.2. The predicted molar refractivity (Wildman–Crippen MR) is 146 cm³/mol. The molecular weight excluding hydrogens is 456 g/mol. The van der Waals surface area contributed by atoms with Gasteiger partial charge in [0.15, 0.2) is 11.5 Å². The summed E-state index contributed by atoms with van der Waals surface area (Å²) >= 11 is 0. The zero-order valence-electron chi connectivity index (χ0n) is 22.5. The van der Waals surface area contributed by atoms with E-state index in [0.29, 0.717) is 23.9 Å². The van der Waals surface area contributed by atoms with E-state index in [1.54, 1.807) is 7.11 Å². The van der Waals surface area contributed by atoms with E-state index in [-0.39, 0.29) is 5.04 Å². The Morgan fingerprint density at radius 1 is 1.06 bits per heavy atom. The molecule has 0 bridgehead atoms. The summed E-state index contributed by atoms with van der Waals surface area (Å²) in [7, 11) is -0.399. The van der Waals surface area contributed by atoms with E-state index in [4.69, 9.17) is 18.6 Å². The van der Waals surface area contributed by atoms with Crippen LogP contribution < -0.4 is 13.9 Å². The van der Waals surface area contributed by atoms with E-state index in [0.717, 1.165) is 35.3 Å². The first-order valence-electron chi connectivity index (χ1n) is 12.1. The number of hydrogen-bond donors (Lipinski definition) is 0. The summed E-state index contributed by atoms with van der Waals surface area (Å²) in [6, 6.07) is 11.5. The van der Waals surface area contributed by atoms with E-state index in [2.05, 4.69) is 40.4 Å². The van der Waals surface area contributed by atoms with Crippen LogP contribution in [0.5, 0.6) is 17.2 Å². The lowest BCUT2D eigenvalue weighted by atomic mass is 10.1. The minimum Gasteiger partial charge on any atom is -0.543 e. The number of aryl methyl sites for hydroxylation is 1. The summed E-state index contributed by atoms with van der Waals surface area (Å²) < 4.78 is 23.6. The number of carbonyl (C=O) groups is 1. The van der Waals surface area contributed by atoms with Gasteiger partial charge in [-0.2, -0.15) is 0 Å². The number of ether oxygens (including phenoxy) is 3. The van der Waals surface area contributed by atoms with E-state index in [1.165, 1.54) is 6.08 Å². The largest absolute Gasteiger partial charge is 0.543 e. The quantitative estimate of drug-likeness (QED) is 0.106. The number of allylic oxidation sites excluding steroid dienone is 1. The van der Waals surface area contributed by atoms with Crippen molar-refractivity contribution in [1.82, 2.24) is 0 Å². The van der Waals surface area contributed by atoms with Gasteiger partial charge in [-0.15, -0.1) is 6.58 Å². The van der Waals surface area contributed by atoms with Gasteiger partial charge in [0.1, 0.15) is 11.5 Å². The van der Waals surface area contributed by atoms with Crippen LogP contribution in [0.25, 0.3) is 5.76 Å². The lowest BCUT2D eigenvalue weighted by molar-refractivity contribution is -0.137. The zero-order valence-corrected chi connectivity index (χ0v) is 23.5. The molecular formula is C29H40O5Si. The standard InChI is InChI=1S/C29H40O5Si/c1-10-12-22-13-15-25(27(19-22)31-7)33-26(20-28(30)32-17-11-2)23-14-16-24(21(3)18-23)34-35(8,9)29(4,5)6/h10,13-16,18-20H,1,11-12,17H2,2-9H3. The molecule has 0 unspecified atom stereocenters. The number of esters is 1. The van der Waals surface area contributed by atoms with Crippen LogP contribution in [0.1, 0.15) is 50.8 Å². The van der Waals surface area contributed by atoms with Crippen LogP contribution in [0.2, 0.25) is 18.1 Å². The summed E-state index contributed by atoms with van der Waals surface area (Å²) in [6.07, 6.45) is 4.68. The second-order valence-electron chi connectivity index (χ2n) is 10.1. The van der Waals surface area contributed by atoms with E-state index in [1.807, 2.05) is 56.3 Å². The summed E-state index contributed by atoms with van der Waals surface area (Å²) in [5.74, 6) is 1.85. The third kappa shape index (κ3) is 7.75. The van der Waals surface area contributed by atoms with Crippen molar-refractivity contribution < 1.29 is 23.4 Å². The minimum atomic E-state index is -1.99. The number of rotatable bonds is 11. The van der Waals surface area contributed by atoms with Crippen molar-refractivity contribution in [3.8, 4) is 17.2 Å². The predicted octanol–water partition coefficient (Wildman–Crippen LogP) is 7.49. The maximum absolute atomic E-state index is 12.5. The van der Waals surface area contributed by atoms with Gasteiger partial charge >= 0.3 is 5.97 Å². The molecule has 0 aliphatic carbocycles. The van der Waals surface area contributed by atoms with Gasteiger partial charge in [0.2, 0.25) is 8.32 Å². The van der Waals surface area contributed by atoms with Crippen molar-refractivity contribution in [2.45, 2.75) is 65.6 Å². The van der Waals surface area contributed by atoms with E-state index >= 15 is 0 Å². The van der Waals surface area contributed by atoms with Crippen LogP contribution in [0.15, 0.2) is 55.1 Å². The Morgan fingerprint density at radius 2 is 1.74 bits per heavy atom. The van der Waals surface area contributed by atoms with Gasteiger partial charge in [0.05, 0.1) is 19.8 Å². The highest BCUT2D eigenvalue weighted by molar-refractivity contribution is 6.74. The summed E-state index contributed by atoms with van der Waals surface area (Å²) in [4.78, 5) is 12.5. The topological polar surface area (TPSA) is 54.0 Å². The van der Waals surface area contributed by atoms with Crippen LogP contribution in [0.4, 0.5) is 0 Å². The Kier molecular flexibility index (Phi) is 9.78. The lowest BCUT2D eigenvalue weighted by Crippen LogP contribution is -2.44.